The summed E-state index contributed by atoms with van der Waals surface area (Å²) < 4.78 is 5.73. The summed E-state index contributed by atoms with van der Waals surface area (Å²) in [6, 6.07) is 24.6. The molecule has 130 valence electrons. The van der Waals surface area contributed by atoms with E-state index in [-0.39, 0.29) is 5.91 Å². The number of benzene rings is 3. The normalized spacial score (nSPS) is 10.6. The first-order valence-corrected chi connectivity index (χ1v) is 8.30. The highest BCUT2D eigenvalue weighted by atomic mass is 16.5. The summed E-state index contributed by atoms with van der Waals surface area (Å²) in [5.41, 5.74) is 9.07. The smallest absolute Gasteiger partial charge is 0.248 e. The molecule has 1 amide bonds. The SMILES string of the molecule is Nc1ccc(/C=C/C(=O)Nc2ccc(OCc3ccccc3)cc2)cc1. The Morgan fingerprint density at radius 3 is 2.31 bits per heavy atom. The van der Waals surface area contributed by atoms with Crippen LogP contribution in [-0.4, -0.2) is 5.91 Å². The van der Waals surface area contributed by atoms with E-state index in [1.165, 1.54) is 6.08 Å². The number of amides is 1. The Labute approximate surface area is 152 Å². The Hall–Kier alpha value is -3.53. The number of anilines is 2. The third-order valence-corrected chi connectivity index (χ3v) is 3.73. The maximum atomic E-state index is 12.0. The largest absolute Gasteiger partial charge is 0.489 e. The maximum Gasteiger partial charge on any atom is 0.248 e. The van der Waals surface area contributed by atoms with Crippen LogP contribution in [0.25, 0.3) is 6.08 Å². The van der Waals surface area contributed by atoms with Crippen LogP contribution in [0.1, 0.15) is 11.1 Å². The van der Waals surface area contributed by atoms with Crippen molar-refractivity contribution in [3.05, 3.63) is 96.1 Å². The topological polar surface area (TPSA) is 64.4 Å². The van der Waals surface area contributed by atoms with Crippen LogP contribution in [0.5, 0.6) is 5.75 Å². The molecule has 3 N–H and O–H groups in total. The molecule has 3 aromatic carbocycles. The lowest BCUT2D eigenvalue weighted by molar-refractivity contribution is -0.111. The molecule has 0 unspecified atom stereocenters. The van der Waals surface area contributed by atoms with Gasteiger partial charge in [0.05, 0.1) is 0 Å². The Morgan fingerprint density at radius 2 is 1.62 bits per heavy atom. The molecule has 3 aromatic rings. The lowest BCUT2D eigenvalue weighted by atomic mass is 10.2. The molecule has 0 aliphatic rings. The van der Waals surface area contributed by atoms with Crippen LogP contribution >= 0.6 is 0 Å². The van der Waals surface area contributed by atoms with Crippen molar-refractivity contribution in [2.45, 2.75) is 6.61 Å². The number of nitrogen functional groups attached to an aromatic ring is 1. The van der Waals surface area contributed by atoms with Gasteiger partial charge >= 0.3 is 0 Å². The lowest BCUT2D eigenvalue weighted by Crippen LogP contribution is -2.07. The van der Waals surface area contributed by atoms with Crippen molar-refractivity contribution in [2.75, 3.05) is 11.1 Å². The van der Waals surface area contributed by atoms with E-state index in [0.717, 1.165) is 16.9 Å². The number of hydrogen-bond donors (Lipinski definition) is 2. The molecule has 0 aliphatic heterocycles. The summed E-state index contributed by atoms with van der Waals surface area (Å²) >= 11 is 0. The van der Waals surface area contributed by atoms with Crippen molar-refractivity contribution < 1.29 is 9.53 Å². The highest BCUT2D eigenvalue weighted by molar-refractivity contribution is 6.01. The van der Waals surface area contributed by atoms with Gasteiger partial charge in [-0.25, -0.2) is 0 Å². The molecule has 0 aromatic heterocycles. The average Bonchev–Trinajstić information content (AvgIpc) is 2.68. The van der Waals surface area contributed by atoms with Crippen molar-refractivity contribution >= 4 is 23.4 Å². The van der Waals surface area contributed by atoms with Crippen LogP contribution in [0.3, 0.4) is 0 Å². The monoisotopic (exact) mass is 344 g/mol. The van der Waals surface area contributed by atoms with Gasteiger partial charge in [0.2, 0.25) is 5.91 Å². The highest BCUT2D eigenvalue weighted by Crippen LogP contribution is 2.17. The quantitative estimate of drug-likeness (QED) is 0.511. The molecule has 4 nitrogen and oxygen atoms in total. The Balaban J connectivity index is 1.51. The fourth-order valence-corrected chi connectivity index (χ4v) is 2.34. The van der Waals surface area contributed by atoms with Gasteiger partial charge in [-0.15, -0.1) is 0 Å². The minimum Gasteiger partial charge on any atom is -0.489 e. The molecule has 0 saturated heterocycles. The van der Waals surface area contributed by atoms with Gasteiger partial charge in [-0.3, -0.25) is 4.79 Å². The molecule has 26 heavy (non-hydrogen) atoms. The third kappa shape index (κ3) is 5.24. The summed E-state index contributed by atoms with van der Waals surface area (Å²) in [7, 11) is 0. The molecule has 3 rings (SSSR count). The van der Waals surface area contributed by atoms with Gasteiger partial charge in [0.15, 0.2) is 0 Å². The molecule has 0 spiro atoms. The van der Waals surface area contributed by atoms with Gasteiger partial charge in [0.25, 0.3) is 0 Å². The summed E-state index contributed by atoms with van der Waals surface area (Å²) in [6.45, 7) is 0.511. The number of rotatable bonds is 6. The van der Waals surface area contributed by atoms with E-state index in [1.807, 2.05) is 66.7 Å². The number of hydrogen-bond acceptors (Lipinski definition) is 3. The van der Waals surface area contributed by atoms with Crippen LogP contribution < -0.4 is 15.8 Å². The van der Waals surface area contributed by atoms with Crippen LogP contribution in [0.4, 0.5) is 11.4 Å². The average molecular weight is 344 g/mol. The predicted molar refractivity (Wildman–Crippen MR) is 106 cm³/mol. The number of nitrogens with one attached hydrogen (secondary N) is 1. The zero-order valence-corrected chi connectivity index (χ0v) is 14.3. The van der Waals surface area contributed by atoms with Crippen molar-refractivity contribution in [3.8, 4) is 5.75 Å². The zero-order valence-electron chi connectivity index (χ0n) is 14.3. The first kappa shape index (κ1) is 17.3. The molecule has 0 fully saturated rings. The van der Waals surface area contributed by atoms with Crippen LogP contribution in [0.15, 0.2) is 84.9 Å². The zero-order chi connectivity index (χ0) is 18.2. The standard InChI is InChI=1S/C22H20N2O2/c23-19-9-6-17(7-10-19)8-15-22(25)24-20-11-13-21(14-12-20)26-16-18-4-2-1-3-5-18/h1-15H,16,23H2,(H,24,25)/b15-8+. The summed E-state index contributed by atoms with van der Waals surface area (Å²) in [5.74, 6) is 0.559. The van der Waals surface area contributed by atoms with Gasteiger partial charge < -0.3 is 15.8 Å². The fraction of sp³-hybridized carbons (Fsp3) is 0.0455. The van der Waals surface area contributed by atoms with E-state index in [1.54, 1.807) is 18.2 Å². The lowest BCUT2D eigenvalue weighted by Gasteiger charge is -2.07. The minimum absolute atomic E-state index is 0.195. The maximum absolute atomic E-state index is 12.0. The van der Waals surface area contributed by atoms with Crippen molar-refractivity contribution in [1.82, 2.24) is 0 Å². The summed E-state index contributed by atoms with van der Waals surface area (Å²) in [5, 5.41) is 2.82. The molecule has 0 heterocycles. The minimum atomic E-state index is -0.195. The molecular formula is C22H20N2O2. The number of nitrogens with two attached hydrogens (primary N) is 1. The van der Waals surface area contributed by atoms with Gasteiger partial charge in [-0.1, -0.05) is 42.5 Å². The van der Waals surface area contributed by atoms with Gasteiger partial charge in [-0.2, -0.15) is 0 Å². The van der Waals surface area contributed by atoms with Crippen molar-refractivity contribution in [3.63, 3.8) is 0 Å². The van der Waals surface area contributed by atoms with Crippen molar-refractivity contribution in [1.29, 1.82) is 0 Å². The van der Waals surface area contributed by atoms with E-state index >= 15 is 0 Å². The van der Waals surface area contributed by atoms with Crippen LogP contribution in [0, 0.1) is 0 Å². The van der Waals surface area contributed by atoms with E-state index < -0.39 is 0 Å². The number of carbonyl (C=O) groups excluding carboxylic acids is 1. The third-order valence-electron chi connectivity index (χ3n) is 3.73. The summed E-state index contributed by atoms with van der Waals surface area (Å²) in [4.78, 5) is 12.0. The number of ether oxygens (including phenoxy) is 1. The Morgan fingerprint density at radius 1 is 0.923 bits per heavy atom. The number of carbonyl (C=O) groups is 1. The van der Waals surface area contributed by atoms with Crippen LogP contribution in [-0.2, 0) is 11.4 Å². The summed E-state index contributed by atoms with van der Waals surface area (Å²) in [6.07, 6.45) is 3.23. The van der Waals surface area contributed by atoms with E-state index in [4.69, 9.17) is 10.5 Å². The Bertz CT molecular complexity index is 870. The molecule has 4 heteroatoms. The molecule has 0 saturated carbocycles. The molecule has 0 bridgehead atoms. The van der Waals surface area contributed by atoms with Crippen molar-refractivity contribution in [2.24, 2.45) is 0 Å². The van der Waals surface area contributed by atoms with E-state index in [0.29, 0.717) is 18.0 Å². The first-order chi connectivity index (χ1) is 12.7. The van der Waals surface area contributed by atoms with Gasteiger partial charge in [0, 0.05) is 17.5 Å². The van der Waals surface area contributed by atoms with Gasteiger partial charge in [-0.05, 0) is 53.6 Å². The van der Waals surface area contributed by atoms with Crippen LogP contribution in [0.2, 0.25) is 0 Å². The Kier molecular flexibility index (Phi) is 5.68. The highest BCUT2D eigenvalue weighted by Gasteiger charge is 2.00. The van der Waals surface area contributed by atoms with E-state index in [2.05, 4.69) is 5.32 Å². The van der Waals surface area contributed by atoms with Gasteiger partial charge in [0.1, 0.15) is 12.4 Å². The fourth-order valence-electron chi connectivity index (χ4n) is 2.34. The second-order valence-corrected chi connectivity index (χ2v) is 5.79. The molecule has 0 atom stereocenters. The molecular weight excluding hydrogens is 324 g/mol. The second kappa shape index (κ2) is 8.53. The first-order valence-electron chi connectivity index (χ1n) is 8.30. The second-order valence-electron chi connectivity index (χ2n) is 5.79. The molecule has 0 radical (unpaired) electrons. The predicted octanol–water partition coefficient (Wildman–Crippen LogP) is 4.50. The van der Waals surface area contributed by atoms with E-state index in [9.17, 15) is 4.79 Å². The molecule has 0 aliphatic carbocycles.